The van der Waals surface area contributed by atoms with Crippen LogP contribution in [0.4, 0.5) is 0 Å². The molecule has 0 aromatic heterocycles. The third kappa shape index (κ3) is 5.65. The minimum atomic E-state index is -3.56. The summed E-state index contributed by atoms with van der Waals surface area (Å²) in [6.07, 6.45) is 1.20. The monoisotopic (exact) mass is 391 g/mol. The van der Waals surface area contributed by atoms with E-state index in [4.69, 9.17) is 4.74 Å². The number of piperidine rings is 1. The molecule has 3 N–H and O–H groups in total. The molecule has 2 rings (SSSR count). The van der Waals surface area contributed by atoms with Gasteiger partial charge in [-0.25, -0.2) is 13.1 Å². The van der Waals surface area contributed by atoms with Crippen molar-refractivity contribution >= 4 is 28.3 Å². The van der Waals surface area contributed by atoms with E-state index in [1.54, 1.807) is 24.3 Å². The van der Waals surface area contributed by atoms with Crippen LogP contribution in [0, 0.1) is 6.92 Å². The Bertz CT molecular complexity index is 658. The maximum Gasteiger partial charge on any atom is 0.252 e. The molecule has 0 saturated carbocycles. The van der Waals surface area contributed by atoms with Crippen LogP contribution in [0.1, 0.15) is 18.4 Å². The molecule has 0 atom stereocenters. The number of ether oxygens (including phenoxy) is 1. The highest BCUT2D eigenvalue weighted by Crippen LogP contribution is 2.22. The Morgan fingerprint density at radius 1 is 1.20 bits per heavy atom. The number of benzene rings is 1. The highest BCUT2D eigenvalue weighted by molar-refractivity contribution is 7.89. The number of methoxy groups -OCH3 is 1. The van der Waals surface area contributed by atoms with Crippen LogP contribution in [0.5, 0.6) is 0 Å². The van der Waals surface area contributed by atoms with Gasteiger partial charge in [0.05, 0.1) is 4.90 Å². The molecule has 0 aliphatic carbocycles. The van der Waals surface area contributed by atoms with Crippen LogP contribution in [0.15, 0.2) is 29.2 Å². The molecule has 1 aromatic rings. The first-order chi connectivity index (χ1) is 11.4. The molecule has 25 heavy (non-hydrogen) atoms. The molecule has 1 fully saturated rings. The number of sulfonamides is 1. The Kier molecular flexibility index (Phi) is 8.30. The molecular weight excluding hydrogens is 366 g/mol. The van der Waals surface area contributed by atoms with Gasteiger partial charge in [0.2, 0.25) is 10.0 Å². The van der Waals surface area contributed by atoms with Crippen molar-refractivity contribution in [1.82, 2.24) is 15.4 Å². The number of carbonyl (C=O) groups is 1. The topological polar surface area (TPSA) is 96.5 Å². The Morgan fingerprint density at radius 3 is 2.36 bits per heavy atom. The zero-order valence-electron chi connectivity index (χ0n) is 14.5. The highest BCUT2D eigenvalue weighted by Gasteiger charge is 2.39. The van der Waals surface area contributed by atoms with E-state index >= 15 is 0 Å². The lowest BCUT2D eigenvalue weighted by atomic mass is 9.91. The van der Waals surface area contributed by atoms with Gasteiger partial charge in [-0.2, -0.15) is 0 Å². The summed E-state index contributed by atoms with van der Waals surface area (Å²) in [5.41, 5.74) is 0.175. The van der Waals surface area contributed by atoms with Gasteiger partial charge in [0, 0.05) is 20.2 Å². The first-order valence-corrected chi connectivity index (χ1v) is 9.48. The number of hydrogen-bond acceptors (Lipinski definition) is 5. The van der Waals surface area contributed by atoms with E-state index in [0.717, 1.165) is 18.7 Å². The van der Waals surface area contributed by atoms with Crippen LogP contribution in [-0.4, -0.2) is 53.2 Å². The largest absolute Gasteiger partial charge is 0.368 e. The van der Waals surface area contributed by atoms with Crippen LogP contribution in [0.3, 0.4) is 0 Å². The second-order valence-electron chi connectivity index (χ2n) is 5.92. The Balaban J connectivity index is 0.00000312. The Labute approximate surface area is 155 Å². The van der Waals surface area contributed by atoms with Gasteiger partial charge in [-0.15, -0.1) is 12.4 Å². The number of rotatable bonds is 7. The van der Waals surface area contributed by atoms with Crippen LogP contribution in [-0.2, 0) is 19.6 Å². The maximum absolute atomic E-state index is 12.3. The van der Waals surface area contributed by atoms with Crippen molar-refractivity contribution in [2.45, 2.75) is 30.3 Å². The summed E-state index contributed by atoms with van der Waals surface area (Å²) in [5, 5.41) is 5.94. The van der Waals surface area contributed by atoms with Crippen molar-refractivity contribution in [1.29, 1.82) is 0 Å². The third-order valence-corrected chi connectivity index (χ3v) is 5.73. The second-order valence-corrected chi connectivity index (χ2v) is 7.68. The Morgan fingerprint density at radius 2 is 1.80 bits per heavy atom. The van der Waals surface area contributed by atoms with Gasteiger partial charge in [-0.05, 0) is 45.0 Å². The lowest BCUT2D eigenvalue weighted by Crippen LogP contribution is -2.54. The van der Waals surface area contributed by atoms with Crippen LogP contribution in [0.25, 0.3) is 0 Å². The summed E-state index contributed by atoms with van der Waals surface area (Å²) < 4.78 is 32.2. The summed E-state index contributed by atoms with van der Waals surface area (Å²) in [6, 6.07) is 6.61. The van der Waals surface area contributed by atoms with Crippen molar-refractivity contribution in [2.24, 2.45) is 0 Å². The fourth-order valence-corrected chi connectivity index (χ4v) is 3.71. The van der Waals surface area contributed by atoms with E-state index in [2.05, 4.69) is 15.4 Å². The fraction of sp³-hybridized carbons (Fsp3) is 0.562. The molecule has 142 valence electrons. The molecule has 1 heterocycles. The predicted octanol–water partition coefficient (Wildman–Crippen LogP) is 0.580. The van der Waals surface area contributed by atoms with E-state index < -0.39 is 15.6 Å². The summed E-state index contributed by atoms with van der Waals surface area (Å²) in [6.45, 7) is 3.68. The average Bonchev–Trinajstić information content (AvgIpc) is 2.59. The lowest BCUT2D eigenvalue weighted by Gasteiger charge is -2.34. The number of carbonyl (C=O) groups excluding carboxylic acids is 1. The Hall–Kier alpha value is -1.19. The van der Waals surface area contributed by atoms with E-state index in [0.29, 0.717) is 12.8 Å². The van der Waals surface area contributed by atoms with E-state index in [9.17, 15) is 13.2 Å². The number of aryl methyl sites for hydroxylation is 1. The van der Waals surface area contributed by atoms with Gasteiger partial charge < -0.3 is 15.4 Å². The molecule has 1 aliphatic rings. The van der Waals surface area contributed by atoms with Crippen LogP contribution in [0.2, 0.25) is 0 Å². The van der Waals surface area contributed by atoms with Crippen molar-refractivity contribution in [3.05, 3.63) is 29.8 Å². The number of nitrogens with one attached hydrogen (secondary N) is 3. The SMILES string of the molecule is COC1(C(=O)NCCNS(=O)(=O)c2ccc(C)cc2)CCNCC1.Cl. The van der Waals surface area contributed by atoms with Gasteiger partial charge >= 0.3 is 0 Å². The number of amides is 1. The fourth-order valence-electron chi connectivity index (χ4n) is 2.68. The van der Waals surface area contributed by atoms with Gasteiger partial charge in [-0.1, -0.05) is 17.7 Å². The van der Waals surface area contributed by atoms with Gasteiger partial charge in [-0.3, -0.25) is 4.79 Å². The van der Waals surface area contributed by atoms with Crippen molar-refractivity contribution < 1.29 is 17.9 Å². The third-order valence-electron chi connectivity index (χ3n) is 4.25. The van der Waals surface area contributed by atoms with Gasteiger partial charge in [0.25, 0.3) is 5.91 Å². The standard InChI is InChI=1S/C16H25N3O4S.ClH/c1-13-3-5-14(6-4-13)24(21,22)19-12-11-18-15(20)16(23-2)7-9-17-10-8-16;/h3-6,17,19H,7-12H2,1-2H3,(H,18,20);1H. The first kappa shape index (κ1) is 21.9. The zero-order chi connectivity index (χ0) is 17.6. The predicted molar refractivity (Wildman–Crippen MR) is 98.5 cm³/mol. The van der Waals surface area contributed by atoms with Crippen molar-refractivity contribution in [2.75, 3.05) is 33.3 Å². The highest BCUT2D eigenvalue weighted by atomic mass is 35.5. The van der Waals surface area contributed by atoms with E-state index in [1.165, 1.54) is 7.11 Å². The lowest BCUT2D eigenvalue weighted by molar-refractivity contribution is -0.146. The second kappa shape index (κ2) is 9.49. The molecule has 1 amide bonds. The average molecular weight is 392 g/mol. The molecule has 0 spiro atoms. The maximum atomic E-state index is 12.3. The zero-order valence-corrected chi connectivity index (χ0v) is 16.1. The van der Waals surface area contributed by atoms with E-state index in [-0.39, 0.29) is 36.3 Å². The quantitative estimate of drug-likeness (QED) is 0.591. The molecule has 0 bridgehead atoms. The molecule has 1 aliphatic heterocycles. The molecule has 1 saturated heterocycles. The summed E-state index contributed by atoms with van der Waals surface area (Å²) in [4.78, 5) is 12.6. The summed E-state index contributed by atoms with van der Waals surface area (Å²) in [7, 11) is -2.03. The number of halogens is 1. The van der Waals surface area contributed by atoms with Crippen molar-refractivity contribution in [3.63, 3.8) is 0 Å². The van der Waals surface area contributed by atoms with E-state index in [1.807, 2.05) is 6.92 Å². The minimum Gasteiger partial charge on any atom is -0.368 e. The summed E-state index contributed by atoms with van der Waals surface area (Å²) >= 11 is 0. The molecular formula is C16H26ClN3O4S. The van der Waals surface area contributed by atoms with Crippen molar-refractivity contribution in [3.8, 4) is 0 Å². The van der Waals surface area contributed by atoms with Gasteiger partial charge in [0.15, 0.2) is 0 Å². The minimum absolute atomic E-state index is 0. The van der Waals surface area contributed by atoms with Gasteiger partial charge in [0.1, 0.15) is 5.60 Å². The molecule has 9 heteroatoms. The molecule has 1 aromatic carbocycles. The molecule has 0 unspecified atom stereocenters. The van der Waals surface area contributed by atoms with Crippen LogP contribution < -0.4 is 15.4 Å². The molecule has 7 nitrogen and oxygen atoms in total. The summed E-state index contributed by atoms with van der Waals surface area (Å²) in [5.74, 6) is -0.193. The number of hydrogen-bond donors (Lipinski definition) is 3. The first-order valence-electron chi connectivity index (χ1n) is 8.00. The molecule has 0 radical (unpaired) electrons. The normalized spacial score (nSPS) is 16.7. The van der Waals surface area contributed by atoms with Crippen LogP contribution >= 0.6 is 12.4 Å². The smallest absolute Gasteiger partial charge is 0.252 e.